The largest absolute Gasteiger partial charge is 0.497 e. The topological polar surface area (TPSA) is 56.8 Å². The number of esters is 1. The minimum Gasteiger partial charge on any atom is -0.497 e. The van der Waals surface area contributed by atoms with Gasteiger partial charge in [-0.3, -0.25) is 0 Å². The Labute approximate surface area is 125 Å². The molecule has 0 radical (unpaired) electrons. The predicted octanol–water partition coefficient (Wildman–Crippen LogP) is 2.61. The van der Waals surface area contributed by atoms with Gasteiger partial charge in [-0.25, -0.2) is 4.79 Å². The van der Waals surface area contributed by atoms with Crippen molar-refractivity contribution in [1.82, 2.24) is 0 Å². The molecule has 0 aliphatic heterocycles. The van der Waals surface area contributed by atoms with Crippen LogP contribution in [0.3, 0.4) is 0 Å². The zero-order valence-corrected chi connectivity index (χ0v) is 12.8. The lowest BCUT2D eigenvalue weighted by Gasteiger charge is -2.41. The molecule has 2 atom stereocenters. The van der Waals surface area contributed by atoms with E-state index in [4.69, 9.17) is 14.2 Å². The second-order valence-corrected chi connectivity index (χ2v) is 5.29. The molecule has 0 saturated heterocycles. The van der Waals surface area contributed by atoms with Gasteiger partial charge in [0.15, 0.2) is 5.54 Å². The molecule has 1 aromatic carbocycles. The molecule has 1 fully saturated rings. The number of ether oxygens (including phenoxy) is 3. The van der Waals surface area contributed by atoms with Gasteiger partial charge in [0.25, 0.3) is 0 Å². The second kappa shape index (κ2) is 6.80. The van der Waals surface area contributed by atoms with Gasteiger partial charge in [-0.2, -0.15) is 0 Å². The molecule has 1 N–H and O–H groups in total. The standard InChI is InChI=1S/C16H23NO4/c1-19-13-9-7-12(8-10-13)17-16(15(18)21-3)11-5-4-6-14(16)20-2/h7-10,14,17H,4-6,11H2,1-3H3. The second-order valence-electron chi connectivity index (χ2n) is 5.29. The van der Waals surface area contributed by atoms with E-state index < -0.39 is 5.54 Å². The van der Waals surface area contributed by atoms with Crippen molar-refractivity contribution in [3.8, 4) is 5.75 Å². The van der Waals surface area contributed by atoms with Gasteiger partial charge in [0, 0.05) is 12.8 Å². The van der Waals surface area contributed by atoms with Crippen molar-refractivity contribution in [1.29, 1.82) is 0 Å². The van der Waals surface area contributed by atoms with Crippen LogP contribution in [0.2, 0.25) is 0 Å². The number of benzene rings is 1. The van der Waals surface area contributed by atoms with Crippen molar-refractivity contribution in [2.75, 3.05) is 26.6 Å². The van der Waals surface area contributed by atoms with Gasteiger partial charge in [-0.1, -0.05) is 12.8 Å². The molecule has 0 heterocycles. The van der Waals surface area contributed by atoms with E-state index in [1.165, 1.54) is 7.11 Å². The van der Waals surface area contributed by atoms with Crippen LogP contribution in [0, 0.1) is 0 Å². The molecule has 2 rings (SSSR count). The summed E-state index contributed by atoms with van der Waals surface area (Å²) in [7, 11) is 4.69. The summed E-state index contributed by atoms with van der Waals surface area (Å²) in [5, 5.41) is 3.34. The van der Waals surface area contributed by atoms with E-state index in [1.54, 1.807) is 14.2 Å². The number of anilines is 1. The average Bonchev–Trinajstić information content (AvgIpc) is 2.55. The molecule has 0 amide bonds. The first-order valence-corrected chi connectivity index (χ1v) is 7.19. The van der Waals surface area contributed by atoms with Gasteiger partial charge in [0.1, 0.15) is 5.75 Å². The Balaban J connectivity index is 2.28. The first-order chi connectivity index (χ1) is 10.2. The summed E-state index contributed by atoms with van der Waals surface area (Å²) in [6.07, 6.45) is 3.37. The monoisotopic (exact) mass is 293 g/mol. The zero-order valence-electron chi connectivity index (χ0n) is 12.8. The highest BCUT2D eigenvalue weighted by Crippen LogP contribution is 2.35. The van der Waals surface area contributed by atoms with Gasteiger partial charge in [-0.15, -0.1) is 0 Å². The van der Waals surface area contributed by atoms with E-state index in [-0.39, 0.29) is 12.1 Å². The fourth-order valence-corrected chi connectivity index (χ4v) is 3.00. The number of nitrogens with one attached hydrogen (secondary N) is 1. The normalized spacial score (nSPS) is 25.2. The maximum absolute atomic E-state index is 12.4. The fraction of sp³-hybridized carbons (Fsp3) is 0.562. The predicted molar refractivity (Wildman–Crippen MR) is 80.6 cm³/mol. The third kappa shape index (κ3) is 3.13. The van der Waals surface area contributed by atoms with Crippen LogP contribution in [0.5, 0.6) is 5.75 Å². The lowest BCUT2D eigenvalue weighted by atomic mass is 9.78. The van der Waals surface area contributed by atoms with Crippen molar-refractivity contribution in [3.05, 3.63) is 24.3 Å². The molecular weight excluding hydrogens is 270 g/mol. The van der Waals surface area contributed by atoms with Crippen LogP contribution in [0.15, 0.2) is 24.3 Å². The number of carbonyl (C=O) groups is 1. The Hall–Kier alpha value is -1.75. The van der Waals surface area contributed by atoms with Crippen LogP contribution in [0.25, 0.3) is 0 Å². The Kier molecular flexibility index (Phi) is 5.07. The molecular formula is C16H23NO4. The number of rotatable bonds is 5. The van der Waals surface area contributed by atoms with E-state index >= 15 is 0 Å². The summed E-state index contributed by atoms with van der Waals surface area (Å²) in [6, 6.07) is 7.51. The van der Waals surface area contributed by atoms with Gasteiger partial charge >= 0.3 is 5.97 Å². The summed E-state index contributed by atoms with van der Waals surface area (Å²) >= 11 is 0. The molecule has 21 heavy (non-hydrogen) atoms. The van der Waals surface area contributed by atoms with Crippen LogP contribution < -0.4 is 10.1 Å². The molecule has 1 aliphatic rings. The fourth-order valence-electron chi connectivity index (χ4n) is 3.00. The highest BCUT2D eigenvalue weighted by atomic mass is 16.5. The summed E-state index contributed by atoms with van der Waals surface area (Å²) < 4.78 is 15.7. The van der Waals surface area contributed by atoms with Crippen LogP contribution in [-0.4, -0.2) is 38.9 Å². The highest BCUT2D eigenvalue weighted by Gasteiger charge is 2.48. The molecule has 5 heteroatoms. The lowest BCUT2D eigenvalue weighted by molar-refractivity contribution is -0.153. The minimum atomic E-state index is -0.823. The van der Waals surface area contributed by atoms with Gasteiger partial charge in [-0.05, 0) is 37.1 Å². The summed E-state index contributed by atoms with van der Waals surface area (Å²) in [5.74, 6) is 0.504. The lowest BCUT2D eigenvalue weighted by Crippen LogP contribution is -2.58. The molecule has 5 nitrogen and oxygen atoms in total. The van der Waals surface area contributed by atoms with Crippen molar-refractivity contribution >= 4 is 11.7 Å². The first-order valence-electron chi connectivity index (χ1n) is 7.19. The summed E-state index contributed by atoms with van der Waals surface area (Å²) in [5.41, 5.74) is 0.0289. The third-order valence-electron chi connectivity index (χ3n) is 4.13. The van der Waals surface area contributed by atoms with Crippen molar-refractivity contribution in [2.24, 2.45) is 0 Å². The van der Waals surface area contributed by atoms with Crippen LogP contribution >= 0.6 is 0 Å². The van der Waals surface area contributed by atoms with Crippen molar-refractivity contribution in [2.45, 2.75) is 37.3 Å². The SMILES string of the molecule is COC(=O)C1(Nc2ccc(OC)cc2)CCCCC1OC. The Morgan fingerprint density at radius 2 is 1.90 bits per heavy atom. The average molecular weight is 293 g/mol. The maximum Gasteiger partial charge on any atom is 0.334 e. The number of hydrogen-bond donors (Lipinski definition) is 1. The third-order valence-corrected chi connectivity index (χ3v) is 4.13. The molecule has 0 spiro atoms. The van der Waals surface area contributed by atoms with Crippen molar-refractivity contribution < 1.29 is 19.0 Å². The van der Waals surface area contributed by atoms with E-state index in [2.05, 4.69) is 5.32 Å². The molecule has 1 aromatic rings. The maximum atomic E-state index is 12.4. The highest BCUT2D eigenvalue weighted by molar-refractivity contribution is 5.85. The minimum absolute atomic E-state index is 0.194. The Bertz CT molecular complexity index is 474. The van der Waals surface area contributed by atoms with Gasteiger partial charge in [0.2, 0.25) is 0 Å². The smallest absolute Gasteiger partial charge is 0.334 e. The molecule has 1 aliphatic carbocycles. The van der Waals surface area contributed by atoms with Gasteiger partial charge < -0.3 is 19.5 Å². The van der Waals surface area contributed by atoms with E-state index in [9.17, 15) is 4.79 Å². The summed E-state index contributed by atoms with van der Waals surface area (Å²) in [6.45, 7) is 0. The van der Waals surface area contributed by atoms with E-state index in [0.717, 1.165) is 30.7 Å². The molecule has 0 bridgehead atoms. The summed E-state index contributed by atoms with van der Waals surface area (Å²) in [4.78, 5) is 12.4. The molecule has 1 saturated carbocycles. The van der Waals surface area contributed by atoms with Crippen LogP contribution in [0.4, 0.5) is 5.69 Å². The number of hydrogen-bond acceptors (Lipinski definition) is 5. The zero-order chi connectivity index (χ0) is 15.3. The quantitative estimate of drug-likeness (QED) is 0.846. The van der Waals surface area contributed by atoms with Crippen molar-refractivity contribution in [3.63, 3.8) is 0 Å². The molecule has 116 valence electrons. The van der Waals surface area contributed by atoms with E-state index in [1.807, 2.05) is 24.3 Å². The number of carbonyl (C=O) groups excluding carboxylic acids is 1. The van der Waals surface area contributed by atoms with Gasteiger partial charge in [0.05, 0.1) is 20.3 Å². The molecule has 0 aromatic heterocycles. The Morgan fingerprint density at radius 1 is 1.19 bits per heavy atom. The van der Waals surface area contributed by atoms with E-state index in [0.29, 0.717) is 6.42 Å². The van der Waals surface area contributed by atoms with Crippen LogP contribution in [-0.2, 0) is 14.3 Å². The number of methoxy groups -OCH3 is 3. The molecule has 2 unspecified atom stereocenters. The first kappa shape index (κ1) is 15.6. The van der Waals surface area contributed by atoms with Crippen LogP contribution in [0.1, 0.15) is 25.7 Å². The Morgan fingerprint density at radius 3 is 2.48 bits per heavy atom.